The molecule has 8 heteroatoms. The number of anilines is 1. The lowest BCUT2D eigenvalue weighted by atomic mass is 10.2. The van der Waals surface area contributed by atoms with Crippen LogP contribution in [0.1, 0.15) is 5.56 Å². The normalized spacial score (nSPS) is 11.8. The molecule has 0 amide bonds. The Kier molecular flexibility index (Phi) is 3.78. The van der Waals surface area contributed by atoms with E-state index in [0.717, 1.165) is 5.56 Å². The van der Waals surface area contributed by atoms with Gasteiger partial charge in [-0.3, -0.25) is 8.99 Å². The Bertz CT molecular complexity index is 965. The minimum absolute atomic E-state index is 0.118. The van der Waals surface area contributed by atoms with Crippen molar-refractivity contribution in [2.45, 2.75) is 11.4 Å². The monoisotopic (exact) mass is 331 g/mol. The van der Waals surface area contributed by atoms with Crippen LogP contribution in [0.3, 0.4) is 0 Å². The van der Waals surface area contributed by atoms with E-state index < -0.39 is 10.0 Å². The molecule has 0 bridgehead atoms. The zero-order chi connectivity index (χ0) is 16.6. The lowest BCUT2D eigenvalue weighted by molar-refractivity contribution is 0.594. The SMILES string of the molecule is CN(c1ccccc1CN)S(=O)(=O)c1cnc2c(cnn2C)c1. The Balaban J connectivity index is 2.08. The number of para-hydroxylation sites is 1. The van der Waals surface area contributed by atoms with Crippen molar-refractivity contribution in [3.63, 3.8) is 0 Å². The van der Waals surface area contributed by atoms with Crippen LogP contribution in [-0.4, -0.2) is 30.2 Å². The molecule has 0 aliphatic rings. The van der Waals surface area contributed by atoms with Gasteiger partial charge in [0.25, 0.3) is 10.0 Å². The molecular formula is C15H17N5O2S. The number of aryl methyl sites for hydroxylation is 1. The van der Waals surface area contributed by atoms with E-state index in [1.54, 1.807) is 36.1 Å². The van der Waals surface area contributed by atoms with Crippen LogP contribution in [0, 0.1) is 0 Å². The molecule has 120 valence electrons. The Morgan fingerprint density at radius 1 is 1.26 bits per heavy atom. The zero-order valence-electron chi connectivity index (χ0n) is 12.8. The highest BCUT2D eigenvalue weighted by molar-refractivity contribution is 7.92. The highest BCUT2D eigenvalue weighted by Crippen LogP contribution is 2.26. The van der Waals surface area contributed by atoms with Crippen molar-refractivity contribution in [3.05, 3.63) is 48.3 Å². The number of nitrogens with two attached hydrogens (primary N) is 1. The number of benzene rings is 1. The average Bonchev–Trinajstić information content (AvgIpc) is 2.94. The summed E-state index contributed by atoms with van der Waals surface area (Å²) in [7, 11) is -0.460. The predicted octanol–water partition coefficient (Wildman–Crippen LogP) is 1.25. The molecule has 1 aromatic carbocycles. The molecule has 7 nitrogen and oxygen atoms in total. The Hall–Kier alpha value is -2.45. The standard InChI is InChI=1S/C15H17N5O2S/c1-19-15-12(9-18-19)7-13(10-17-15)23(21,22)20(2)14-6-4-3-5-11(14)8-16/h3-7,9-10H,8,16H2,1-2H3. The van der Waals surface area contributed by atoms with Gasteiger partial charge in [-0.1, -0.05) is 18.2 Å². The second-order valence-corrected chi connectivity index (χ2v) is 7.13. The summed E-state index contributed by atoms with van der Waals surface area (Å²) in [6.45, 7) is 0.260. The number of hydrogen-bond acceptors (Lipinski definition) is 5. The molecule has 23 heavy (non-hydrogen) atoms. The first-order valence-corrected chi connectivity index (χ1v) is 8.44. The van der Waals surface area contributed by atoms with E-state index in [1.165, 1.54) is 17.5 Å². The third-order valence-corrected chi connectivity index (χ3v) is 5.49. The summed E-state index contributed by atoms with van der Waals surface area (Å²) in [6, 6.07) is 8.73. The molecule has 0 spiro atoms. The third kappa shape index (κ3) is 2.55. The molecular weight excluding hydrogens is 314 g/mol. The fourth-order valence-electron chi connectivity index (χ4n) is 2.44. The quantitative estimate of drug-likeness (QED) is 0.776. The zero-order valence-corrected chi connectivity index (χ0v) is 13.7. The van der Waals surface area contributed by atoms with Crippen molar-refractivity contribution in [2.24, 2.45) is 12.8 Å². The fraction of sp³-hybridized carbons (Fsp3) is 0.200. The number of rotatable bonds is 4. The largest absolute Gasteiger partial charge is 0.326 e. The topological polar surface area (TPSA) is 94.1 Å². The van der Waals surface area contributed by atoms with Crippen LogP contribution in [0.4, 0.5) is 5.69 Å². The van der Waals surface area contributed by atoms with Gasteiger partial charge in [0.1, 0.15) is 4.90 Å². The minimum Gasteiger partial charge on any atom is -0.326 e. The fourth-order valence-corrected chi connectivity index (χ4v) is 3.66. The van der Waals surface area contributed by atoms with E-state index in [2.05, 4.69) is 10.1 Å². The lowest BCUT2D eigenvalue weighted by Gasteiger charge is -2.21. The van der Waals surface area contributed by atoms with Gasteiger partial charge in [0.2, 0.25) is 0 Å². The Labute approximate surface area is 134 Å². The van der Waals surface area contributed by atoms with Crippen LogP contribution in [0.2, 0.25) is 0 Å². The van der Waals surface area contributed by atoms with Gasteiger partial charge < -0.3 is 5.73 Å². The summed E-state index contributed by atoms with van der Waals surface area (Å²) in [5.74, 6) is 0. The van der Waals surface area contributed by atoms with Crippen molar-refractivity contribution in [3.8, 4) is 0 Å². The molecule has 0 unspecified atom stereocenters. The second kappa shape index (κ2) is 5.64. The maximum atomic E-state index is 12.9. The highest BCUT2D eigenvalue weighted by atomic mass is 32.2. The summed E-state index contributed by atoms with van der Waals surface area (Å²) < 4.78 is 28.6. The smallest absolute Gasteiger partial charge is 0.265 e. The van der Waals surface area contributed by atoms with Crippen LogP contribution in [0.5, 0.6) is 0 Å². The maximum absolute atomic E-state index is 12.9. The molecule has 2 N–H and O–H groups in total. The summed E-state index contributed by atoms with van der Waals surface area (Å²) in [5.41, 5.74) is 7.65. The molecule has 0 aliphatic heterocycles. The van der Waals surface area contributed by atoms with E-state index >= 15 is 0 Å². The van der Waals surface area contributed by atoms with Crippen molar-refractivity contribution in [1.82, 2.24) is 14.8 Å². The number of fused-ring (bicyclic) bond motifs is 1. The highest BCUT2D eigenvalue weighted by Gasteiger charge is 2.24. The molecule has 2 aromatic heterocycles. The van der Waals surface area contributed by atoms with Crippen LogP contribution in [0.15, 0.2) is 47.6 Å². The number of hydrogen-bond donors (Lipinski definition) is 1. The van der Waals surface area contributed by atoms with Crippen LogP contribution < -0.4 is 10.0 Å². The van der Waals surface area contributed by atoms with Gasteiger partial charge in [-0.2, -0.15) is 5.10 Å². The summed E-state index contributed by atoms with van der Waals surface area (Å²) in [4.78, 5) is 4.31. The van der Waals surface area contributed by atoms with Crippen molar-refractivity contribution < 1.29 is 8.42 Å². The van der Waals surface area contributed by atoms with E-state index in [1.807, 2.05) is 12.1 Å². The van der Waals surface area contributed by atoms with Gasteiger partial charge in [-0.25, -0.2) is 13.4 Å². The van der Waals surface area contributed by atoms with Gasteiger partial charge in [-0.15, -0.1) is 0 Å². The summed E-state index contributed by atoms with van der Waals surface area (Å²) in [5, 5.41) is 4.75. The van der Waals surface area contributed by atoms with Crippen LogP contribution >= 0.6 is 0 Å². The molecule has 0 saturated heterocycles. The number of aromatic nitrogens is 3. The average molecular weight is 331 g/mol. The maximum Gasteiger partial charge on any atom is 0.265 e. The first-order valence-electron chi connectivity index (χ1n) is 7.00. The Morgan fingerprint density at radius 2 is 2.00 bits per heavy atom. The van der Waals surface area contributed by atoms with E-state index in [9.17, 15) is 8.42 Å². The number of sulfonamides is 1. The van der Waals surface area contributed by atoms with Gasteiger partial charge in [-0.05, 0) is 17.7 Å². The molecule has 0 atom stereocenters. The lowest BCUT2D eigenvalue weighted by Crippen LogP contribution is -2.28. The van der Waals surface area contributed by atoms with Gasteiger partial charge in [0, 0.05) is 32.2 Å². The first-order chi connectivity index (χ1) is 10.9. The predicted molar refractivity (Wildman–Crippen MR) is 88.4 cm³/mol. The first kappa shape index (κ1) is 15.4. The van der Waals surface area contributed by atoms with Gasteiger partial charge in [0.05, 0.1) is 11.9 Å². The summed E-state index contributed by atoms with van der Waals surface area (Å²) in [6.07, 6.45) is 2.94. The van der Waals surface area contributed by atoms with Crippen LogP contribution in [-0.2, 0) is 23.6 Å². The van der Waals surface area contributed by atoms with Crippen molar-refractivity contribution in [2.75, 3.05) is 11.4 Å². The van der Waals surface area contributed by atoms with Crippen molar-refractivity contribution >= 4 is 26.7 Å². The molecule has 0 radical (unpaired) electrons. The second-order valence-electron chi connectivity index (χ2n) is 5.16. The van der Waals surface area contributed by atoms with Crippen molar-refractivity contribution in [1.29, 1.82) is 0 Å². The van der Waals surface area contributed by atoms with E-state index in [0.29, 0.717) is 16.7 Å². The molecule has 3 aromatic rings. The van der Waals surface area contributed by atoms with Gasteiger partial charge in [0.15, 0.2) is 5.65 Å². The molecule has 2 heterocycles. The third-order valence-electron chi connectivity index (χ3n) is 3.76. The van der Waals surface area contributed by atoms with Gasteiger partial charge >= 0.3 is 0 Å². The van der Waals surface area contributed by atoms with E-state index in [4.69, 9.17) is 5.73 Å². The summed E-state index contributed by atoms with van der Waals surface area (Å²) >= 11 is 0. The molecule has 0 aliphatic carbocycles. The number of nitrogens with zero attached hydrogens (tertiary/aromatic N) is 4. The molecule has 0 saturated carbocycles. The molecule has 3 rings (SSSR count). The van der Waals surface area contributed by atoms with E-state index in [-0.39, 0.29) is 11.4 Å². The Morgan fingerprint density at radius 3 is 2.74 bits per heavy atom. The van der Waals surface area contributed by atoms with Crippen LogP contribution in [0.25, 0.3) is 11.0 Å². The minimum atomic E-state index is -3.73. The molecule has 0 fully saturated rings. The number of pyridine rings is 1.